The summed E-state index contributed by atoms with van der Waals surface area (Å²) in [6.45, 7) is 2.28. The first-order chi connectivity index (χ1) is 13.8. The Hall–Kier alpha value is -2.91. The van der Waals surface area contributed by atoms with E-state index in [2.05, 4.69) is 4.98 Å². The number of nitrogens with zero attached hydrogens (tertiary/aromatic N) is 2. The molecule has 0 saturated carbocycles. The van der Waals surface area contributed by atoms with E-state index in [9.17, 15) is 13.2 Å². The number of anilines is 2. The number of thiazole rings is 1. The number of benzene rings is 2. The Morgan fingerprint density at radius 1 is 1.14 bits per heavy atom. The number of aryl methyl sites for hydroxylation is 1. The van der Waals surface area contributed by atoms with E-state index in [1.807, 2.05) is 64.2 Å². The second-order valence-electron chi connectivity index (χ2n) is 6.37. The van der Waals surface area contributed by atoms with Crippen LogP contribution in [0, 0.1) is 6.92 Å². The van der Waals surface area contributed by atoms with Gasteiger partial charge >= 0.3 is 0 Å². The summed E-state index contributed by atoms with van der Waals surface area (Å²) in [5, 5.41) is 0.593. The molecule has 1 amide bonds. The zero-order valence-electron chi connectivity index (χ0n) is 16.2. The molecule has 9 heteroatoms. The Labute approximate surface area is 174 Å². The second kappa shape index (κ2) is 8.62. The summed E-state index contributed by atoms with van der Waals surface area (Å²) in [4.78, 5) is 19.4. The van der Waals surface area contributed by atoms with Crippen molar-refractivity contribution in [1.82, 2.24) is 9.71 Å². The predicted molar refractivity (Wildman–Crippen MR) is 114 cm³/mol. The van der Waals surface area contributed by atoms with Crippen LogP contribution in [0.1, 0.15) is 20.9 Å². The second-order valence-corrected chi connectivity index (χ2v) is 9.30. The molecule has 0 aliphatic rings. The molecule has 2 aromatic carbocycles. The monoisotopic (exact) mass is 431 g/mol. The number of nitrogens with one attached hydrogen (secondary N) is 1. The molecule has 3 aromatic rings. The Morgan fingerprint density at radius 3 is 2.38 bits per heavy atom. The third-order valence-corrected chi connectivity index (χ3v) is 5.63. The SMILES string of the molecule is COc1ccc(N(Cc2ccccc2)c2nc(C(=O)NS(C)(=O)=O)c(C)s2)cc1. The maximum Gasteiger partial charge on any atom is 0.284 e. The van der Waals surface area contributed by atoms with Gasteiger partial charge in [-0.2, -0.15) is 0 Å². The number of carbonyl (C=O) groups excluding carboxylic acids is 1. The Kier molecular flexibility index (Phi) is 6.19. The van der Waals surface area contributed by atoms with Crippen molar-refractivity contribution in [1.29, 1.82) is 0 Å². The minimum Gasteiger partial charge on any atom is -0.497 e. The zero-order chi connectivity index (χ0) is 21.0. The summed E-state index contributed by atoms with van der Waals surface area (Å²) in [6.07, 6.45) is 0.937. The van der Waals surface area contributed by atoms with Gasteiger partial charge in [0.2, 0.25) is 10.0 Å². The first-order valence-corrected chi connectivity index (χ1v) is 11.4. The minimum atomic E-state index is -3.67. The van der Waals surface area contributed by atoms with Crippen molar-refractivity contribution in [3.8, 4) is 5.75 Å². The number of hydrogen-bond acceptors (Lipinski definition) is 7. The molecule has 0 spiro atoms. The number of amides is 1. The molecule has 3 rings (SSSR count). The summed E-state index contributed by atoms with van der Waals surface area (Å²) in [5.74, 6) is -0.00107. The summed E-state index contributed by atoms with van der Waals surface area (Å²) in [5.41, 5.74) is 2.04. The van der Waals surface area contributed by atoms with Crippen LogP contribution < -0.4 is 14.4 Å². The Bertz CT molecular complexity index is 1090. The summed E-state index contributed by atoms with van der Waals surface area (Å²) in [6, 6.07) is 17.4. The van der Waals surface area contributed by atoms with Gasteiger partial charge in [-0.15, -0.1) is 11.3 Å². The van der Waals surface area contributed by atoms with Crippen LogP contribution in [-0.4, -0.2) is 32.7 Å². The van der Waals surface area contributed by atoms with Gasteiger partial charge in [-0.05, 0) is 36.8 Å². The van der Waals surface area contributed by atoms with Crippen molar-refractivity contribution in [3.05, 3.63) is 70.7 Å². The lowest BCUT2D eigenvalue weighted by Gasteiger charge is -2.22. The molecule has 0 radical (unpaired) electrons. The fourth-order valence-corrected chi connectivity index (χ4v) is 4.08. The number of aromatic nitrogens is 1. The topological polar surface area (TPSA) is 88.6 Å². The van der Waals surface area contributed by atoms with Gasteiger partial charge in [-0.1, -0.05) is 30.3 Å². The lowest BCUT2D eigenvalue weighted by atomic mass is 10.2. The van der Waals surface area contributed by atoms with E-state index in [4.69, 9.17) is 4.74 Å². The average molecular weight is 432 g/mol. The number of sulfonamides is 1. The molecule has 0 atom stereocenters. The van der Waals surface area contributed by atoms with Crippen LogP contribution in [0.3, 0.4) is 0 Å². The van der Waals surface area contributed by atoms with Crippen LogP contribution >= 0.6 is 11.3 Å². The molecule has 0 aliphatic carbocycles. The van der Waals surface area contributed by atoms with E-state index in [0.29, 0.717) is 16.6 Å². The van der Waals surface area contributed by atoms with E-state index < -0.39 is 15.9 Å². The van der Waals surface area contributed by atoms with Gasteiger partial charge in [0, 0.05) is 10.6 Å². The highest BCUT2D eigenvalue weighted by Gasteiger charge is 2.22. The minimum absolute atomic E-state index is 0.0991. The van der Waals surface area contributed by atoms with Gasteiger partial charge in [0.15, 0.2) is 5.13 Å². The number of ether oxygens (including phenoxy) is 1. The molecular formula is C20H21N3O4S2. The van der Waals surface area contributed by atoms with E-state index in [1.165, 1.54) is 11.3 Å². The molecule has 152 valence electrons. The molecule has 29 heavy (non-hydrogen) atoms. The molecule has 0 aliphatic heterocycles. The summed E-state index contributed by atoms with van der Waals surface area (Å²) >= 11 is 1.33. The number of methoxy groups -OCH3 is 1. The van der Waals surface area contributed by atoms with Crippen molar-refractivity contribution >= 4 is 38.1 Å². The lowest BCUT2D eigenvalue weighted by molar-refractivity contribution is 0.0977. The highest BCUT2D eigenvalue weighted by atomic mass is 32.2. The van der Waals surface area contributed by atoms with Crippen LogP contribution in [0.2, 0.25) is 0 Å². The summed E-state index contributed by atoms with van der Waals surface area (Å²) in [7, 11) is -2.07. The van der Waals surface area contributed by atoms with Gasteiger partial charge in [-0.3, -0.25) is 4.79 Å². The fraction of sp³-hybridized carbons (Fsp3) is 0.200. The Balaban J connectivity index is 1.99. The Morgan fingerprint density at radius 2 is 1.79 bits per heavy atom. The van der Waals surface area contributed by atoms with Crippen LogP contribution in [0.25, 0.3) is 0 Å². The standard InChI is InChI=1S/C20H21N3O4S2/c1-14-18(19(24)22-29(3,25)26)21-20(28-14)23(13-15-7-5-4-6-8-15)16-9-11-17(27-2)12-10-16/h4-12H,13H2,1-3H3,(H,22,24). The van der Waals surface area contributed by atoms with Crippen LogP contribution in [0.5, 0.6) is 5.75 Å². The highest BCUT2D eigenvalue weighted by Crippen LogP contribution is 2.34. The van der Waals surface area contributed by atoms with E-state index in [1.54, 1.807) is 14.0 Å². The van der Waals surface area contributed by atoms with Crippen LogP contribution in [0.15, 0.2) is 54.6 Å². The van der Waals surface area contributed by atoms with Crippen molar-refractivity contribution in [3.63, 3.8) is 0 Å². The quantitative estimate of drug-likeness (QED) is 0.616. The fourth-order valence-electron chi connectivity index (χ4n) is 2.72. The van der Waals surface area contributed by atoms with Crippen molar-refractivity contribution < 1.29 is 17.9 Å². The third kappa shape index (κ3) is 5.33. The molecule has 1 N–H and O–H groups in total. The van der Waals surface area contributed by atoms with Crippen molar-refractivity contribution in [2.24, 2.45) is 0 Å². The summed E-state index contributed by atoms with van der Waals surface area (Å²) < 4.78 is 30.0. The number of hydrogen-bond donors (Lipinski definition) is 1. The molecule has 0 bridgehead atoms. The van der Waals surface area contributed by atoms with Gasteiger partial charge in [0.05, 0.1) is 19.9 Å². The smallest absolute Gasteiger partial charge is 0.284 e. The average Bonchev–Trinajstić information content (AvgIpc) is 3.07. The molecular weight excluding hydrogens is 410 g/mol. The normalized spacial score (nSPS) is 11.1. The van der Waals surface area contributed by atoms with Crippen molar-refractivity contribution in [2.45, 2.75) is 13.5 Å². The first kappa shape index (κ1) is 20.8. The molecule has 0 fully saturated rings. The zero-order valence-corrected chi connectivity index (χ0v) is 17.9. The largest absolute Gasteiger partial charge is 0.497 e. The van der Waals surface area contributed by atoms with E-state index in [-0.39, 0.29) is 5.69 Å². The van der Waals surface area contributed by atoms with Gasteiger partial charge < -0.3 is 9.64 Å². The maximum absolute atomic E-state index is 12.3. The number of carbonyl (C=O) groups is 1. The van der Waals surface area contributed by atoms with Gasteiger partial charge in [0.1, 0.15) is 11.4 Å². The van der Waals surface area contributed by atoms with E-state index >= 15 is 0 Å². The van der Waals surface area contributed by atoms with Crippen LogP contribution in [-0.2, 0) is 16.6 Å². The molecule has 1 heterocycles. The highest BCUT2D eigenvalue weighted by molar-refractivity contribution is 7.89. The third-order valence-electron chi connectivity index (χ3n) is 4.08. The molecule has 0 saturated heterocycles. The molecule has 0 unspecified atom stereocenters. The molecule has 1 aromatic heterocycles. The van der Waals surface area contributed by atoms with E-state index in [0.717, 1.165) is 23.3 Å². The van der Waals surface area contributed by atoms with Gasteiger partial charge in [0.25, 0.3) is 5.91 Å². The van der Waals surface area contributed by atoms with Gasteiger partial charge in [-0.25, -0.2) is 18.1 Å². The number of rotatable bonds is 7. The van der Waals surface area contributed by atoms with Crippen molar-refractivity contribution in [2.75, 3.05) is 18.3 Å². The predicted octanol–water partition coefficient (Wildman–Crippen LogP) is 3.49. The maximum atomic E-state index is 12.3. The lowest BCUT2D eigenvalue weighted by Crippen LogP contribution is -2.30. The first-order valence-electron chi connectivity index (χ1n) is 8.72. The van der Waals surface area contributed by atoms with Crippen LogP contribution in [0.4, 0.5) is 10.8 Å². The molecule has 7 nitrogen and oxygen atoms in total.